The minimum absolute atomic E-state index is 0.0341. The summed E-state index contributed by atoms with van der Waals surface area (Å²) in [5.41, 5.74) is 9.06. The lowest BCUT2D eigenvalue weighted by Gasteiger charge is -2.59. The number of hydrogen-bond acceptors (Lipinski definition) is 6. The van der Waals surface area contributed by atoms with Crippen LogP contribution in [0.5, 0.6) is 0 Å². The molecular formula is C37H39NO5. The highest BCUT2D eigenvalue weighted by Crippen LogP contribution is 2.70. The van der Waals surface area contributed by atoms with E-state index in [0.717, 1.165) is 35.1 Å². The van der Waals surface area contributed by atoms with Gasteiger partial charge in [-0.15, -0.1) is 0 Å². The molecule has 6 heteroatoms. The number of benzene rings is 2. The molecule has 5 aliphatic rings. The number of carbonyl (C=O) groups excluding carboxylic acids is 1. The van der Waals surface area contributed by atoms with Crippen LogP contribution in [-0.2, 0) is 14.3 Å². The second kappa shape index (κ2) is 10.0. The van der Waals surface area contributed by atoms with Gasteiger partial charge in [0, 0.05) is 39.1 Å². The van der Waals surface area contributed by atoms with Gasteiger partial charge in [-0.25, -0.2) is 0 Å². The van der Waals surface area contributed by atoms with E-state index in [1.807, 2.05) is 48.5 Å². The van der Waals surface area contributed by atoms with Crippen LogP contribution in [-0.4, -0.2) is 40.4 Å². The fourth-order valence-electron chi connectivity index (χ4n) is 9.40. The third kappa shape index (κ3) is 4.13. The number of ether oxygens (including phenoxy) is 2. The van der Waals surface area contributed by atoms with E-state index in [2.05, 4.69) is 50.5 Å². The lowest BCUT2D eigenvalue weighted by atomic mass is 9.46. The number of allylic oxidation sites excluding steroid dienone is 5. The van der Waals surface area contributed by atoms with Gasteiger partial charge in [0.15, 0.2) is 17.7 Å². The van der Waals surface area contributed by atoms with E-state index >= 15 is 0 Å². The first-order chi connectivity index (χ1) is 20.6. The van der Waals surface area contributed by atoms with E-state index in [9.17, 15) is 15.0 Å². The summed E-state index contributed by atoms with van der Waals surface area (Å²) in [6.07, 6.45) is 7.52. The molecule has 6 nitrogen and oxygen atoms in total. The molecule has 43 heavy (non-hydrogen) atoms. The number of hydrogen-bond donors (Lipinski definition) is 3. The number of ketones is 1. The van der Waals surface area contributed by atoms with E-state index in [1.54, 1.807) is 0 Å². The van der Waals surface area contributed by atoms with Crippen LogP contribution in [0.15, 0.2) is 84.5 Å². The van der Waals surface area contributed by atoms with Gasteiger partial charge in [0.25, 0.3) is 0 Å². The number of aliphatic hydroxyl groups excluding tert-OH is 2. The summed E-state index contributed by atoms with van der Waals surface area (Å²) in [7, 11) is 0. The van der Waals surface area contributed by atoms with Gasteiger partial charge in [0.05, 0.1) is 12.2 Å². The van der Waals surface area contributed by atoms with Crippen molar-refractivity contribution in [2.24, 2.45) is 28.6 Å². The zero-order chi connectivity index (χ0) is 30.1. The lowest BCUT2D eigenvalue weighted by molar-refractivity contribution is -0.201. The van der Waals surface area contributed by atoms with Crippen molar-refractivity contribution in [2.45, 2.75) is 63.6 Å². The zero-order valence-corrected chi connectivity index (χ0v) is 24.8. The molecule has 1 saturated heterocycles. The van der Waals surface area contributed by atoms with Crippen LogP contribution in [0, 0.1) is 40.4 Å². The maximum Gasteiger partial charge on any atom is 0.193 e. The fraction of sp³-hybridized carbons (Fsp3) is 0.432. The summed E-state index contributed by atoms with van der Waals surface area (Å²) in [5.74, 6) is 6.28. The van der Waals surface area contributed by atoms with Crippen LogP contribution in [0.25, 0.3) is 0 Å². The Balaban J connectivity index is 1.17. The average Bonchev–Trinajstić information content (AvgIpc) is 3.49. The van der Waals surface area contributed by atoms with Crippen molar-refractivity contribution in [3.05, 3.63) is 101 Å². The molecule has 4 N–H and O–H groups in total. The molecule has 0 aromatic heterocycles. The molecule has 0 spiro atoms. The van der Waals surface area contributed by atoms with Crippen LogP contribution in [0.2, 0.25) is 0 Å². The van der Waals surface area contributed by atoms with Gasteiger partial charge in [-0.2, -0.15) is 0 Å². The van der Waals surface area contributed by atoms with Crippen LogP contribution in [0.4, 0.5) is 5.69 Å². The van der Waals surface area contributed by atoms with Crippen LogP contribution in [0.3, 0.4) is 0 Å². The molecule has 7 rings (SSSR count). The summed E-state index contributed by atoms with van der Waals surface area (Å²) in [4.78, 5) is 13.8. The van der Waals surface area contributed by atoms with E-state index in [1.165, 1.54) is 5.57 Å². The third-order valence-corrected chi connectivity index (χ3v) is 11.3. The van der Waals surface area contributed by atoms with E-state index in [0.29, 0.717) is 18.5 Å². The SMILES string of the molecule is C=C1C=C[C@@]2(C)C(=C1)CC[C@@H]1[C@@H]2[C@@H](O)C[C@@]2(C)[C@H]1C[C@H]1O[C@@H](c3ccc(C#Cc4cccc(N)c4)cc3)O[C@]12C(=O)CO. The molecule has 0 radical (unpaired) electrons. The van der Waals surface area contributed by atoms with Gasteiger partial charge in [-0.05, 0) is 73.4 Å². The maximum atomic E-state index is 13.8. The maximum absolute atomic E-state index is 13.8. The summed E-state index contributed by atoms with van der Waals surface area (Å²) >= 11 is 0. The van der Waals surface area contributed by atoms with Crippen LogP contribution < -0.4 is 5.73 Å². The molecule has 3 saturated carbocycles. The Kier molecular flexibility index (Phi) is 6.61. The minimum Gasteiger partial charge on any atom is -0.399 e. The van der Waals surface area contributed by atoms with Crippen molar-refractivity contribution < 1.29 is 24.5 Å². The van der Waals surface area contributed by atoms with Crippen molar-refractivity contribution >= 4 is 11.5 Å². The molecule has 4 fully saturated rings. The van der Waals surface area contributed by atoms with Gasteiger partial charge in [0.2, 0.25) is 0 Å². The third-order valence-electron chi connectivity index (χ3n) is 11.3. The number of anilines is 1. The molecule has 222 valence electrons. The summed E-state index contributed by atoms with van der Waals surface area (Å²) < 4.78 is 13.3. The molecular weight excluding hydrogens is 538 g/mol. The molecule has 4 aliphatic carbocycles. The number of aliphatic hydroxyl groups is 2. The summed E-state index contributed by atoms with van der Waals surface area (Å²) in [6.45, 7) is 7.82. The first-order valence-electron chi connectivity index (χ1n) is 15.3. The minimum atomic E-state index is -1.33. The first kappa shape index (κ1) is 28.3. The van der Waals surface area contributed by atoms with Crippen molar-refractivity contribution in [2.75, 3.05) is 12.3 Å². The fourth-order valence-corrected chi connectivity index (χ4v) is 9.40. The monoisotopic (exact) mass is 577 g/mol. The molecule has 9 atom stereocenters. The number of fused-ring (bicyclic) bond motifs is 7. The lowest BCUT2D eigenvalue weighted by Crippen LogP contribution is -2.63. The number of rotatable bonds is 3. The summed E-state index contributed by atoms with van der Waals surface area (Å²) in [5, 5.41) is 22.1. The Morgan fingerprint density at radius 2 is 1.91 bits per heavy atom. The van der Waals surface area contributed by atoms with Gasteiger partial charge in [-0.1, -0.05) is 74.3 Å². The molecule has 1 aliphatic heterocycles. The molecule has 0 bridgehead atoms. The predicted octanol–water partition coefficient (Wildman–Crippen LogP) is 5.26. The second-order valence-electron chi connectivity index (χ2n) is 13.5. The molecule has 1 heterocycles. The van der Waals surface area contributed by atoms with Gasteiger partial charge in [0.1, 0.15) is 6.61 Å². The van der Waals surface area contributed by atoms with Crippen molar-refractivity contribution in [1.82, 2.24) is 0 Å². The Morgan fingerprint density at radius 1 is 1.14 bits per heavy atom. The highest BCUT2D eigenvalue weighted by Gasteiger charge is 2.75. The molecule has 0 unspecified atom stereocenters. The quantitative estimate of drug-likeness (QED) is 0.340. The number of nitrogens with two attached hydrogens (primary N) is 1. The van der Waals surface area contributed by atoms with Gasteiger partial charge < -0.3 is 25.4 Å². The average molecular weight is 578 g/mol. The number of carbonyl (C=O) groups is 1. The van der Waals surface area contributed by atoms with E-state index < -0.39 is 36.1 Å². The van der Waals surface area contributed by atoms with Crippen molar-refractivity contribution in [3.8, 4) is 11.8 Å². The Morgan fingerprint density at radius 3 is 2.65 bits per heavy atom. The van der Waals surface area contributed by atoms with Crippen molar-refractivity contribution in [1.29, 1.82) is 0 Å². The van der Waals surface area contributed by atoms with Crippen molar-refractivity contribution in [3.63, 3.8) is 0 Å². The smallest absolute Gasteiger partial charge is 0.193 e. The van der Waals surface area contributed by atoms with E-state index in [4.69, 9.17) is 15.2 Å². The largest absolute Gasteiger partial charge is 0.399 e. The van der Waals surface area contributed by atoms with Crippen LogP contribution in [0.1, 0.15) is 62.5 Å². The number of Topliss-reactive ketones (excluding diaryl/α,β-unsaturated/α-hetero) is 1. The van der Waals surface area contributed by atoms with Crippen LogP contribution >= 0.6 is 0 Å². The Hall–Kier alpha value is -3.47. The summed E-state index contributed by atoms with van der Waals surface area (Å²) in [6, 6.07) is 15.1. The highest BCUT2D eigenvalue weighted by atomic mass is 16.7. The zero-order valence-electron chi connectivity index (χ0n) is 24.8. The van der Waals surface area contributed by atoms with Gasteiger partial charge >= 0.3 is 0 Å². The Bertz CT molecular complexity index is 1610. The molecule has 0 amide bonds. The Labute approximate surface area is 253 Å². The first-order valence-corrected chi connectivity index (χ1v) is 15.3. The molecule has 2 aromatic carbocycles. The molecule has 2 aromatic rings. The van der Waals surface area contributed by atoms with E-state index in [-0.39, 0.29) is 29.0 Å². The van der Waals surface area contributed by atoms with Gasteiger partial charge in [-0.3, -0.25) is 4.79 Å². The number of nitrogen functional groups attached to an aromatic ring is 1. The second-order valence-corrected chi connectivity index (χ2v) is 13.5. The topological polar surface area (TPSA) is 102 Å². The highest BCUT2D eigenvalue weighted by molar-refractivity contribution is 5.91. The normalized spacial score (nSPS) is 39.1. The standard InChI is InChI=1S/C37H39NO5/c1-22-15-16-35(2)26(17-22)13-14-28-29-19-32-37(31(41)21-39,36(29,3)20-30(40)33(28)35)43-34(42-32)25-11-9-23(10-12-25)7-8-24-5-4-6-27(38)18-24/h4-6,9-12,15-18,28-30,32-34,39-40H,1,13-14,19-21,38H2,2-3H3/t28-,29-,30-,32+,33+,34+,35-,36-,37+/m0/s1. The predicted molar refractivity (Wildman–Crippen MR) is 164 cm³/mol.